The van der Waals surface area contributed by atoms with Crippen LogP contribution in [0.4, 0.5) is 0 Å². The van der Waals surface area contributed by atoms with Crippen LogP contribution in [0, 0.1) is 11.3 Å². The molecular formula is C12H14N2O2. The molecule has 0 saturated heterocycles. The Balaban J connectivity index is 2.57. The molecule has 0 aromatic heterocycles. The van der Waals surface area contributed by atoms with Crippen molar-refractivity contribution in [3.8, 4) is 6.07 Å². The van der Waals surface area contributed by atoms with E-state index in [2.05, 4.69) is 0 Å². The van der Waals surface area contributed by atoms with Gasteiger partial charge < -0.3 is 10.5 Å². The number of carbonyl (C=O) groups is 1. The second-order valence-corrected chi connectivity index (χ2v) is 3.50. The first-order chi connectivity index (χ1) is 7.62. The van der Waals surface area contributed by atoms with Crippen molar-refractivity contribution < 1.29 is 9.53 Å². The van der Waals surface area contributed by atoms with E-state index in [9.17, 15) is 4.79 Å². The number of hydrogen-bond acceptors (Lipinski definition) is 4. The molecule has 1 aromatic carbocycles. The van der Waals surface area contributed by atoms with Gasteiger partial charge in [0.15, 0.2) is 0 Å². The van der Waals surface area contributed by atoms with E-state index in [0.717, 1.165) is 5.56 Å². The summed E-state index contributed by atoms with van der Waals surface area (Å²) in [6.45, 7) is 1.81. The second-order valence-electron chi connectivity index (χ2n) is 3.50. The van der Waals surface area contributed by atoms with Gasteiger partial charge in [-0.05, 0) is 12.0 Å². The number of rotatable bonds is 4. The van der Waals surface area contributed by atoms with Crippen LogP contribution in [0.5, 0.6) is 0 Å². The summed E-state index contributed by atoms with van der Waals surface area (Å²) >= 11 is 0. The topological polar surface area (TPSA) is 76.1 Å². The van der Waals surface area contributed by atoms with Gasteiger partial charge in [0, 0.05) is 0 Å². The fraction of sp³-hybridized carbons (Fsp3) is 0.333. The van der Waals surface area contributed by atoms with Gasteiger partial charge in [-0.25, -0.2) is 4.79 Å². The van der Waals surface area contributed by atoms with Crippen LogP contribution in [0.2, 0.25) is 0 Å². The van der Waals surface area contributed by atoms with Crippen molar-refractivity contribution in [1.82, 2.24) is 0 Å². The molecule has 1 aromatic rings. The zero-order valence-electron chi connectivity index (χ0n) is 9.14. The van der Waals surface area contributed by atoms with Gasteiger partial charge in [0.25, 0.3) is 0 Å². The monoisotopic (exact) mass is 218 g/mol. The van der Waals surface area contributed by atoms with Crippen molar-refractivity contribution in [2.24, 2.45) is 5.73 Å². The number of nitriles is 1. The molecule has 0 aliphatic rings. The molecule has 0 saturated carbocycles. The predicted octanol–water partition coefficient (Wildman–Crippen LogP) is 1.36. The summed E-state index contributed by atoms with van der Waals surface area (Å²) in [4.78, 5) is 11.5. The van der Waals surface area contributed by atoms with Gasteiger partial charge in [0.2, 0.25) is 5.54 Å². The highest BCUT2D eigenvalue weighted by molar-refractivity contribution is 5.83. The fourth-order valence-electron chi connectivity index (χ4n) is 1.12. The van der Waals surface area contributed by atoms with E-state index in [4.69, 9.17) is 15.7 Å². The third-order valence-electron chi connectivity index (χ3n) is 2.33. The Bertz CT molecular complexity index is 397. The average Bonchev–Trinajstić information content (AvgIpc) is 2.36. The molecule has 16 heavy (non-hydrogen) atoms. The number of nitrogens with zero attached hydrogens (tertiary/aromatic N) is 1. The molecule has 0 aliphatic carbocycles. The Morgan fingerprint density at radius 3 is 2.62 bits per heavy atom. The molecule has 0 spiro atoms. The molecule has 0 radical (unpaired) electrons. The summed E-state index contributed by atoms with van der Waals surface area (Å²) in [5, 5.41) is 8.78. The smallest absolute Gasteiger partial charge is 0.341 e. The first kappa shape index (κ1) is 12.2. The first-order valence-corrected chi connectivity index (χ1v) is 5.03. The number of nitrogens with two attached hydrogens (primary N) is 1. The molecule has 1 rings (SSSR count). The van der Waals surface area contributed by atoms with Gasteiger partial charge in [-0.15, -0.1) is 0 Å². The van der Waals surface area contributed by atoms with E-state index < -0.39 is 11.5 Å². The SMILES string of the molecule is CCC(N)(C#N)C(=O)OCc1ccccc1. The lowest BCUT2D eigenvalue weighted by Gasteiger charge is -2.17. The van der Waals surface area contributed by atoms with Crippen LogP contribution in [-0.2, 0) is 16.1 Å². The Labute approximate surface area is 94.6 Å². The second kappa shape index (κ2) is 5.29. The highest BCUT2D eigenvalue weighted by atomic mass is 16.5. The van der Waals surface area contributed by atoms with Gasteiger partial charge in [0.1, 0.15) is 6.61 Å². The van der Waals surface area contributed by atoms with Gasteiger partial charge in [-0.3, -0.25) is 0 Å². The molecule has 0 aliphatic heterocycles. The highest BCUT2D eigenvalue weighted by Gasteiger charge is 2.33. The van der Waals surface area contributed by atoms with Crippen LogP contribution < -0.4 is 5.73 Å². The zero-order chi connectivity index (χ0) is 12.0. The standard InChI is InChI=1S/C12H14N2O2/c1-2-12(14,9-13)11(15)16-8-10-6-4-3-5-7-10/h3-7H,2,8,14H2,1H3. The summed E-state index contributed by atoms with van der Waals surface area (Å²) in [6, 6.07) is 11.0. The summed E-state index contributed by atoms with van der Waals surface area (Å²) in [6.07, 6.45) is 0.233. The highest BCUT2D eigenvalue weighted by Crippen LogP contribution is 2.09. The lowest BCUT2D eigenvalue weighted by atomic mass is 10.0. The molecule has 84 valence electrons. The minimum atomic E-state index is -1.53. The number of ether oxygens (including phenoxy) is 1. The van der Waals surface area contributed by atoms with Crippen LogP contribution in [0.3, 0.4) is 0 Å². The van der Waals surface area contributed by atoms with Gasteiger partial charge in [-0.2, -0.15) is 5.26 Å². The summed E-state index contributed by atoms with van der Waals surface area (Å²) in [5.41, 5.74) is 4.90. The molecule has 4 heteroatoms. The fourth-order valence-corrected chi connectivity index (χ4v) is 1.12. The number of esters is 1. The van der Waals surface area contributed by atoms with E-state index in [0.29, 0.717) is 0 Å². The summed E-state index contributed by atoms with van der Waals surface area (Å²) < 4.78 is 4.99. The van der Waals surface area contributed by atoms with Gasteiger partial charge in [-0.1, -0.05) is 37.3 Å². The van der Waals surface area contributed by atoms with Crippen molar-refractivity contribution in [3.05, 3.63) is 35.9 Å². The van der Waals surface area contributed by atoms with Crippen molar-refractivity contribution >= 4 is 5.97 Å². The maximum atomic E-state index is 11.5. The molecule has 0 amide bonds. The molecule has 4 nitrogen and oxygen atoms in total. The zero-order valence-corrected chi connectivity index (χ0v) is 9.14. The Kier molecular flexibility index (Phi) is 4.03. The first-order valence-electron chi connectivity index (χ1n) is 5.03. The van der Waals surface area contributed by atoms with Crippen molar-refractivity contribution in [1.29, 1.82) is 5.26 Å². The Hall–Kier alpha value is -1.86. The number of benzene rings is 1. The lowest BCUT2D eigenvalue weighted by Crippen LogP contribution is -2.47. The van der Waals surface area contributed by atoms with Crippen LogP contribution in [0.25, 0.3) is 0 Å². The van der Waals surface area contributed by atoms with Crippen molar-refractivity contribution in [3.63, 3.8) is 0 Å². The third kappa shape index (κ3) is 2.81. The quantitative estimate of drug-likeness (QED) is 0.774. The van der Waals surface area contributed by atoms with Gasteiger partial charge >= 0.3 is 5.97 Å². The van der Waals surface area contributed by atoms with Gasteiger partial charge in [0.05, 0.1) is 6.07 Å². The summed E-state index contributed by atoms with van der Waals surface area (Å²) in [5.74, 6) is -0.679. The average molecular weight is 218 g/mol. The minimum absolute atomic E-state index is 0.139. The van der Waals surface area contributed by atoms with E-state index in [1.165, 1.54) is 0 Å². The molecule has 0 fully saturated rings. The van der Waals surface area contributed by atoms with Crippen LogP contribution >= 0.6 is 0 Å². The minimum Gasteiger partial charge on any atom is -0.459 e. The number of hydrogen-bond donors (Lipinski definition) is 1. The molecule has 0 heterocycles. The van der Waals surface area contributed by atoms with E-state index in [-0.39, 0.29) is 13.0 Å². The van der Waals surface area contributed by atoms with E-state index in [1.54, 1.807) is 13.0 Å². The molecule has 1 atom stereocenters. The normalized spacial score (nSPS) is 13.6. The number of carbonyl (C=O) groups excluding carboxylic acids is 1. The van der Waals surface area contributed by atoms with E-state index in [1.807, 2.05) is 30.3 Å². The molecular weight excluding hydrogens is 204 g/mol. The maximum absolute atomic E-state index is 11.5. The molecule has 2 N–H and O–H groups in total. The van der Waals surface area contributed by atoms with Crippen LogP contribution in [-0.4, -0.2) is 11.5 Å². The third-order valence-corrected chi connectivity index (χ3v) is 2.33. The van der Waals surface area contributed by atoms with Crippen LogP contribution in [0.15, 0.2) is 30.3 Å². The Morgan fingerprint density at radius 2 is 2.12 bits per heavy atom. The van der Waals surface area contributed by atoms with Crippen molar-refractivity contribution in [2.45, 2.75) is 25.5 Å². The molecule has 0 bridgehead atoms. The van der Waals surface area contributed by atoms with Crippen molar-refractivity contribution in [2.75, 3.05) is 0 Å². The largest absolute Gasteiger partial charge is 0.459 e. The molecule has 1 unspecified atom stereocenters. The summed E-state index contributed by atoms with van der Waals surface area (Å²) in [7, 11) is 0. The van der Waals surface area contributed by atoms with E-state index >= 15 is 0 Å². The lowest BCUT2D eigenvalue weighted by molar-refractivity contribution is -0.149. The maximum Gasteiger partial charge on any atom is 0.341 e. The Morgan fingerprint density at radius 1 is 1.50 bits per heavy atom. The predicted molar refractivity (Wildman–Crippen MR) is 59.1 cm³/mol. The van der Waals surface area contributed by atoms with Crippen LogP contribution in [0.1, 0.15) is 18.9 Å².